The van der Waals surface area contributed by atoms with E-state index in [9.17, 15) is 14.7 Å². The number of hydrogen-bond acceptors (Lipinski definition) is 4. The summed E-state index contributed by atoms with van der Waals surface area (Å²) in [6, 6.07) is 0. The topological polar surface area (TPSA) is 63.6 Å². The van der Waals surface area contributed by atoms with Gasteiger partial charge in [0.25, 0.3) is 0 Å². The molecule has 5 heteroatoms. The second-order valence-corrected chi connectivity index (χ2v) is 6.28. The Morgan fingerprint density at radius 3 is 2.29 bits per heavy atom. The van der Waals surface area contributed by atoms with E-state index in [1.807, 2.05) is 6.92 Å². The average Bonchev–Trinajstić information content (AvgIpc) is 2.49. The molecule has 96 valence electrons. The molecule has 0 aromatic heterocycles. The zero-order valence-electron chi connectivity index (χ0n) is 10.2. The van der Waals surface area contributed by atoms with Crippen LogP contribution >= 0.6 is 11.6 Å². The summed E-state index contributed by atoms with van der Waals surface area (Å²) in [7, 11) is 0. The molecule has 2 aliphatic rings. The number of rotatable bonds is 2. The van der Waals surface area contributed by atoms with Gasteiger partial charge >= 0.3 is 11.2 Å². The predicted octanol–water partition coefficient (Wildman–Crippen LogP) is 1.83. The van der Waals surface area contributed by atoms with Crippen LogP contribution in [0, 0.1) is 16.7 Å². The van der Waals surface area contributed by atoms with Crippen LogP contribution in [0.15, 0.2) is 0 Å². The first-order valence-electron chi connectivity index (χ1n) is 5.79. The molecule has 0 unspecified atom stereocenters. The lowest BCUT2D eigenvalue weighted by atomic mass is 9.68. The molecule has 0 saturated heterocycles. The highest BCUT2D eigenvalue weighted by Gasteiger charge is 2.70. The van der Waals surface area contributed by atoms with Gasteiger partial charge in [-0.25, -0.2) is 4.79 Å². The molecule has 4 nitrogen and oxygen atoms in total. The largest absolute Gasteiger partial charge is 0.426 e. The number of carbonyl (C=O) groups is 2. The highest BCUT2D eigenvalue weighted by Crippen LogP contribution is 2.69. The van der Waals surface area contributed by atoms with Crippen LogP contribution in [0.1, 0.15) is 40.0 Å². The minimum Gasteiger partial charge on any atom is -0.426 e. The Kier molecular flexibility index (Phi) is 2.61. The Balaban J connectivity index is 2.30. The number of carbonyl (C=O) groups excluding carboxylic acids is 2. The molecule has 0 radical (unpaired) electrons. The van der Waals surface area contributed by atoms with Crippen molar-refractivity contribution in [2.45, 2.75) is 45.8 Å². The van der Waals surface area contributed by atoms with Crippen molar-refractivity contribution in [3.05, 3.63) is 0 Å². The summed E-state index contributed by atoms with van der Waals surface area (Å²) in [6.45, 7) is 6.05. The van der Waals surface area contributed by atoms with Crippen LogP contribution in [-0.4, -0.2) is 22.1 Å². The van der Waals surface area contributed by atoms with Gasteiger partial charge in [0.05, 0.1) is 0 Å². The molecule has 2 aliphatic carbocycles. The molecule has 0 aromatic rings. The van der Waals surface area contributed by atoms with Gasteiger partial charge in [-0.15, -0.1) is 0 Å². The molecule has 0 amide bonds. The maximum absolute atomic E-state index is 11.3. The van der Waals surface area contributed by atoms with E-state index in [-0.39, 0.29) is 5.41 Å². The number of aliphatic hydroxyl groups is 1. The SMILES string of the molecule is CC1(C)[C@@H]2CC[C@@]1(C)[C@](O)(OC(=O)C(=O)Cl)C2. The Bertz CT molecular complexity index is 392. The van der Waals surface area contributed by atoms with Crippen molar-refractivity contribution in [1.82, 2.24) is 0 Å². The molecule has 2 rings (SSSR count). The summed E-state index contributed by atoms with van der Waals surface area (Å²) in [6.07, 6.45) is 2.18. The lowest BCUT2D eigenvalue weighted by molar-refractivity contribution is -0.258. The number of esters is 1. The van der Waals surface area contributed by atoms with Gasteiger partial charge in [0.1, 0.15) is 0 Å². The second kappa shape index (κ2) is 3.45. The number of halogens is 1. The van der Waals surface area contributed by atoms with E-state index < -0.39 is 22.4 Å². The summed E-state index contributed by atoms with van der Waals surface area (Å²) in [4.78, 5) is 22.0. The number of ether oxygens (including phenoxy) is 1. The summed E-state index contributed by atoms with van der Waals surface area (Å²) >= 11 is 5.06. The number of fused-ring (bicyclic) bond motifs is 2. The second-order valence-electron chi connectivity index (χ2n) is 5.94. The molecule has 1 N–H and O–H groups in total. The molecule has 0 aliphatic heterocycles. The summed E-state index contributed by atoms with van der Waals surface area (Å²) in [5.74, 6) is -2.43. The molecule has 17 heavy (non-hydrogen) atoms. The molecular weight excluding hydrogens is 244 g/mol. The molecule has 2 bridgehead atoms. The van der Waals surface area contributed by atoms with E-state index in [0.717, 1.165) is 12.8 Å². The van der Waals surface area contributed by atoms with Gasteiger partial charge < -0.3 is 9.84 Å². The van der Waals surface area contributed by atoms with E-state index in [2.05, 4.69) is 13.8 Å². The van der Waals surface area contributed by atoms with E-state index in [1.54, 1.807) is 0 Å². The Morgan fingerprint density at radius 2 is 1.94 bits per heavy atom. The lowest BCUT2D eigenvalue weighted by Crippen LogP contribution is -2.50. The predicted molar refractivity (Wildman–Crippen MR) is 61.1 cm³/mol. The van der Waals surface area contributed by atoms with Crippen LogP contribution < -0.4 is 0 Å². The Hall–Kier alpha value is -0.610. The first-order valence-corrected chi connectivity index (χ1v) is 6.17. The minimum absolute atomic E-state index is 0.114. The zero-order valence-corrected chi connectivity index (χ0v) is 11.0. The van der Waals surface area contributed by atoms with Crippen molar-refractivity contribution in [1.29, 1.82) is 0 Å². The molecular formula is C12H17ClO4. The van der Waals surface area contributed by atoms with Crippen LogP contribution in [0.2, 0.25) is 0 Å². The standard InChI is InChI=1S/C12H17ClO4/c1-10(2)7-4-5-11(10,3)12(16,6-7)17-9(15)8(13)14/h7,16H,4-6H2,1-3H3/t7-,11-,12-/m1/s1. The number of hydrogen-bond donors (Lipinski definition) is 1. The first kappa shape index (κ1) is 12.8. The molecule has 2 saturated carbocycles. The van der Waals surface area contributed by atoms with Crippen LogP contribution in [0.3, 0.4) is 0 Å². The van der Waals surface area contributed by atoms with Crippen LogP contribution in [0.25, 0.3) is 0 Å². The Morgan fingerprint density at radius 1 is 1.35 bits per heavy atom. The van der Waals surface area contributed by atoms with Gasteiger partial charge in [-0.3, -0.25) is 4.79 Å². The Labute approximate surface area is 105 Å². The minimum atomic E-state index is -1.57. The van der Waals surface area contributed by atoms with Crippen molar-refractivity contribution < 1.29 is 19.4 Å². The van der Waals surface area contributed by atoms with E-state index in [0.29, 0.717) is 12.3 Å². The van der Waals surface area contributed by atoms with E-state index >= 15 is 0 Å². The molecule has 0 heterocycles. The lowest BCUT2D eigenvalue weighted by Gasteiger charge is -2.43. The van der Waals surface area contributed by atoms with Crippen molar-refractivity contribution in [2.75, 3.05) is 0 Å². The highest BCUT2D eigenvalue weighted by molar-refractivity contribution is 6.80. The molecule has 2 fully saturated rings. The first-order chi connectivity index (χ1) is 7.64. The maximum Gasteiger partial charge on any atom is 0.393 e. The fourth-order valence-corrected chi connectivity index (χ4v) is 3.60. The summed E-state index contributed by atoms with van der Waals surface area (Å²) in [5, 5.41) is 9.35. The third-order valence-corrected chi connectivity index (χ3v) is 5.40. The van der Waals surface area contributed by atoms with Crippen LogP contribution in [0.4, 0.5) is 0 Å². The zero-order chi connectivity index (χ0) is 13.1. The molecule has 0 aromatic carbocycles. The highest BCUT2D eigenvalue weighted by atomic mass is 35.5. The van der Waals surface area contributed by atoms with Gasteiger partial charge in [0, 0.05) is 11.8 Å². The molecule has 0 spiro atoms. The smallest absolute Gasteiger partial charge is 0.393 e. The quantitative estimate of drug-likeness (QED) is 0.356. The fourth-order valence-electron chi connectivity index (χ4n) is 3.56. The van der Waals surface area contributed by atoms with Crippen LogP contribution in [0.5, 0.6) is 0 Å². The maximum atomic E-state index is 11.3. The van der Waals surface area contributed by atoms with Crippen molar-refractivity contribution in [2.24, 2.45) is 16.7 Å². The van der Waals surface area contributed by atoms with E-state index in [4.69, 9.17) is 16.3 Å². The van der Waals surface area contributed by atoms with Gasteiger partial charge in [-0.2, -0.15) is 0 Å². The average molecular weight is 261 g/mol. The van der Waals surface area contributed by atoms with Gasteiger partial charge in [-0.05, 0) is 35.8 Å². The molecule has 3 atom stereocenters. The summed E-state index contributed by atoms with van der Waals surface area (Å²) < 4.78 is 4.97. The van der Waals surface area contributed by atoms with Crippen molar-refractivity contribution >= 4 is 22.8 Å². The third-order valence-electron chi connectivity index (χ3n) is 5.24. The van der Waals surface area contributed by atoms with Gasteiger partial charge in [-0.1, -0.05) is 20.8 Å². The summed E-state index contributed by atoms with van der Waals surface area (Å²) in [5.41, 5.74) is -0.635. The van der Waals surface area contributed by atoms with E-state index in [1.165, 1.54) is 0 Å². The van der Waals surface area contributed by atoms with Crippen molar-refractivity contribution in [3.8, 4) is 0 Å². The third kappa shape index (κ3) is 1.47. The normalized spacial score (nSPS) is 42.5. The van der Waals surface area contributed by atoms with Gasteiger partial charge in [0.15, 0.2) is 0 Å². The monoisotopic (exact) mass is 260 g/mol. The van der Waals surface area contributed by atoms with Crippen molar-refractivity contribution in [3.63, 3.8) is 0 Å². The van der Waals surface area contributed by atoms with Gasteiger partial charge in [0.2, 0.25) is 5.79 Å². The fraction of sp³-hybridized carbons (Fsp3) is 0.833. The van der Waals surface area contributed by atoms with Crippen LogP contribution in [-0.2, 0) is 14.3 Å².